The maximum Gasteiger partial charge on any atom is 0.309 e. The van der Waals surface area contributed by atoms with Gasteiger partial charge in [0.2, 0.25) is 0 Å². The van der Waals surface area contributed by atoms with E-state index in [0.717, 1.165) is 50.9 Å². The second kappa shape index (κ2) is 14.0. The summed E-state index contributed by atoms with van der Waals surface area (Å²) in [5, 5.41) is 9.62. The molecule has 7 nitrogen and oxygen atoms in total. The number of ether oxygens (including phenoxy) is 2. The molecule has 6 aliphatic rings. The van der Waals surface area contributed by atoms with E-state index in [4.69, 9.17) is 9.47 Å². The van der Waals surface area contributed by atoms with Crippen molar-refractivity contribution in [1.82, 2.24) is 9.80 Å². The molecular formula is C44H74N2O5. The maximum absolute atomic E-state index is 13.1. The van der Waals surface area contributed by atoms with E-state index < -0.39 is 11.4 Å². The van der Waals surface area contributed by atoms with Gasteiger partial charge >= 0.3 is 11.9 Å². The summed E-state index contributed by atoms with van der Waals surface area (Å²) in [6.45, 7) is 30.8. The van der Waals surface area contributed by atoms with Crippen LogP contribution in [0.4, 0.5) is 0 Å². The predicted molar refractivity (Wildman–Crippen MR) is 204 cm³/mol. The Morgan fingerprint density at radius 1 is 0.824 bits per heavy atom. The van der Waals surface area contributed by atoms with Gasteiger partial charge in [0.15, 0.2) is 0 Å². The number of hydrogen-bond donors (Lipinski definition) is 1. The first-order chi connectivity index (χ1) is 23.8. The third kappa shape index (κ3) is 6.57. The largest absolute Gasteiger partial charge is 0.481 e. The van der Waals surface area contributed by atoms with Crippen LogP contribution in [0.25, 0.3) is 0 Å². The lowest BCUT2D eigenvalue weighted by Crippen LogP contribution is -2.66. The van der Waals surface area contributed by atoms with Gasteiger partial charge in [0, 0.05) is 45.2 Å². The van der Waals surface area contributed by atoms with Crippen LogP contribution in [0, 0.1) is 62.1 Å². The van der Waals surface area contributed by atoms with Gasteiger partial charge < -0.3 is 19.5 Å². The SMILES string of the molecule is C=C(C)[C@@H]1CC[C@]2(CCN3CCN(CCOC)CC3)CC[C@]3(C)[C@H](CC[C@@H]4[C@@]5(C)CC[C@H](OC(=O)CC(C)(C)C(=O)O)C(C)(C)[C@@H]5CC[C@]43C)[C@@H]12. The average molecular weight is 711 g/mol. The molecule has 1 saturated heterocycles. The fourth-order valence-electron chi connectivity index (χ4n) is 14.4. The van der Waals surface area contributed by atoms with Crippen LogP contribution in [0.5, 0.6) is 0 Å². The van der Waals surface area contributed by atoms with Crippen molar-refractivity contribution >= 4 is 11.9 Å². The van der Waals surface area contributed by atoms with Crippen LogP contribution >= 0.6 is 0 Å². The Labute approximate surface area is 311 Å². The first-order valence-electron chi connectivity index (χ1n) is 20.9. The minimum atomic E-state index is -1.12. The molecule has 0 spiro atoms. The summed E-state index contributed by atoms with van der Waals surface area (Å²) in [5.41, 5.74) is 1.43. The van der Waals surface area contributed by atoms with Crippen LogP contribution in [-0.4, -0.2) is 85.9 Å². The molecule has 10 atom stereocenters. The van der Waals surface area contributed by atoms with Crippen molar-refractivity contribution in [3.63, 3.8) is 0 Å². The zero-order valence-electron chi connectivity index (χ0n) is 34.1. The summed E-state index contributed by atoms with van der Waals surface area (Å²) in [6, 6.07) is 0. The average Bonchev–Trinajstić information content (AvgIpc) is 3.45. The van der Waals surface area contributed by atoms with E-state index in [9.17, 15) is 14.7 Å². The van der Waals surface area contributed by atoms with Crippen molar-refractivity contribution in [3.8, 4) is 0 Å². The molecule has 0 aromatic rings. The molecule has 0 radical (unpaired) electrons. The van der Waals surface area contributed by atoms with E-state index in [0.29, 0.717) is 34.0 Å². The molecule has 1 aliphatic heterocycles. The minimum absolute atomic E-state index is 0.0867. The number of carbonyl (C=O) groups is 2. The third-order valence-corrected chi connectivity index (χ3v) is 17.6. The number of piperazine rings is 1. The molecule has 0 bridgehead atoms. The standard InChI is InChI=1S/C44H74N2O5/c1-30(2)31-13-18-44(21-22-45-23-25-46(26-24-45)27-28-50-10)20-19-42(8)32(37(31)44)11-12-34-41(7)16-15-35(51-36(47)29-39(3,4)38(48)49)40(5,6)33(41)14-17-43(34,42)9/h31-35,37H,1,11-29H2,2-10H3,(H,48,49)/t31-,32+,33-,34+,35-,37+,41-,42+,43+,44+/m0/s1. The summed E-state index contributed by atoms with van der Waals surface area (Å²) < 4.78 is 11.6. The quantitative estimate of drug-likeness (QED) is 0.170. The van der Waals surface area contributed by atoms with Crippen LogP contribution in [0.15, 0.2) is 12.2 Å². The number of methoxy groups -OCH3 is 1. The van der Waals surface area contributed by atoms with E-state index in [1.165, 1.54) is 83.0 Å². The molecule has 6 rings (SSSR count). The lowest BCUT2D eigenvalue weighted by Gasteiger charge is -2.73. The van der Waals surface area contributed by atoms with Crippen molar-refractivity contribution in [2.24, 2.45) is 62.1 Å². The Balaban J connectivity index is 1.19. The van der Waals surface area contributed by atoms with Crippen LogP contribution in [-0.2, 0) is 19.1 Å². The zero-order chi connectivity index (χ0) is 37.2. The molecule has 0 aromatic carbocycles. The summed E-state index contributed by atoms with van der Waals surface area (Å²) in [5.74, 6) is 1.99. The molecule has 5 saturated carbocycles. The van der Waals surface area contributed by atoms with E-state index in [1.54, 1.807) is 21.0 Å². The Bertz CT molecular complexity index is 1320. The number of allylic oxidation sites excluding steroid dienone is 1. The number of rotatable bonds is 11. The topological polar surface area (TPSA) is 79.3 Å². The number of carboxylic acid groups (broad SMARTS) is 1. The number of hydrogen-bond acceptors (Lipinski definition) is 6. The lowest BCUT2D eigenvalue weighted by molar-refractivity contribution is -0.250. The highest BCUT2D eigenvalue weighted by molar-refractivity contribution is 5.81. The Hall–Kier alpha value is -1.44. The Morgan fingerprint density at radius 2 is 1.49 bits per heavy atom. The monoisotopic (exact) mass is 711 g/mol. The number of esters is 1. The molecule has 290 valence electrons. The molecular weight excluding hydrogens is 636 g/mol. The van der Waals surface area contributed by atoms with Gasteiger partial charge in [-0.1, -0.05) is 46.8 Å². The molecule has 5 aliphatic carbocycles. The first kappa shape index (κ1) is 39.3. The minimum Gasteiger partial charge on any atom is -0.481 e. The van der Waals surface area contributed by atoms with Crippen molar-refractivity contribution in [2.45, 2.75) is 139 Å². The normalized spacial score (nSPS) is 42.6. The van der Waals surface area contributed by atoms with Gasteiger partial charge in [-0.25, -0.2) is 0 Å². The number of nitrogens with zero attached hydrogens (tertiary/aromatic N) is 2. The van der Waals surface area contributed by atoms with Crippen molar-refractivity contribution < 1.29 is 24.2 Å². The fourth-order valence-corrected chi connectivity index (χ4v) is 14.4. The molecule has 0 amide bonds. The summed E-state index contributed by atoms with van der Waals surface area (Å²) in [7, 11) is 1.81. The van der Waals surface area contributed by atoms with Gasteiger partial charge in [-0.3, -0.25) is 14.5 Å². The van der Waals surface area contributed by atoms with Gasteiger partial charge in [0.05, 0.1) is 18.4 Å². The molecule has 6 fully saturated rings. The number of fused-ring (bicyclic) bond motifs is 7. The second-order valence-electron chi connectivity index (χ2n) is 20.7. The fraction of sp³-hybridized carbons (Fsp3) is 0.909. The smallest absolute Gasteiger partial charge is 0.309 e. The van der Waals surface area contributed by atoms with Gasteiger partial charge in [-0.2, -0.15) is 0 Å². The highest BCUT2D eigenvalue weighted by Crippen LogP contribution is 2.78. The molecule has 0 aromatic heterocycles. The molecule has 7 heteroatoms. The summed E-state index contributed by atoms with van der Waals surface area (Å²) in [4.78, 5) is 30.2. The summed E-state index contributed by atoms with van der Waals surface area (Å²) in [6.07, 6.45) is 13.6. The Kier molecular flexibility index (Phi) is 10.8. The van der Waals surface area contributed by atoms with Crippen LogP contribution in [0.2, 0.25) is 0 Å². The van der Waals surface area contributed by atoms with E-state index in [1.807, 2.05) is 0 Å². The molecule has 1 N–H and O–H groups in total. The third-order valence-electron chi connectivity index (χ3n) is 17.6. The van der Waals surface area contributed by atoms with Crippen LogP contribution in [0.1, 0.15) is 132 Å². The predicted octanol–water partition coefficient (Wildman–Crippen LogP) is 8.71. The van der Waals surface area contributed by atoms with E-state index in [-0.39, 0.29) is 29.3 Å². The van der Waals surface area contributed by atoms with Crippen molar-refractivity contribution in [3.05, 3.63) is 12.2 Å². The van der Waals surface area contributed by atoms with E-state index in [2.05, 4.69) is 57.9 Å². The van der Waals surface area contributed by atoms with E-state index >= 15 is 0 Å². The molecule has 1 heterocycles. The Morgan fingerprint density at radius 3 is 2.12 bits per heavy atom. The maximum atomic E-state index is 13.1. The van der Waals surface area contributed by atoms with Gasteiger partial charge in [-0.05, 0) is 149 Å². The number of carboxylic acids is 1. The zero-order valence-corrected chi connectivity index (χ0v) is 34.1. The van der Waals surface area contributed by atoms with Gasteiger partial charge in [0.1, 0.15) is 6.10 Å². The first-order valence-corrected chi connectivity index (χ1v) is 20.9. The van der Waals surface area contributed by atoms with Crippen molar-refractivity contribution in [1.29, 1.82) is 0 Å². The van der Waals surface area contributed by atoms with Gasteiger partial charge in [0.25, 0.3) is 0 Å². The lowest BCUT2D eigenvalue weighted by atomic mass is 9.32. The highest BCUT2D eigenvalue weighted by atomic mass is 16.5. The number of aliphatic carboxylic acids is 1. The second-order valence-corrected chi connectivity index (χ2v) is 20.7. The summed E-state index contributed by atoms with van der Waals surface area (Å²) >= 11 is 0. The van der Waals surface area contributed by atoms with Crippen LogP contribution < -0.4 is 0 Å². The van der Waals surface area contributed by atoms with Crippen molar-refractivity contribution in [2.75, 3.05) is 53.0 Å². The molecule has 51 heavy (non-hydrogen) atoms. The number of carbonyl (C=O) groups excluding carboxylic acids is 1. The van der Waals surface area contributed by atoms with Gasteiger partial charge in [-0.15, -0.1) is 0 Å². The highest BCUT2D eigenvalue weighted by Gasteiger charge is 2.71. The molecule has 0 unspecified atom stereocenters. The van der Waals surface area contributed by atoms with Crippen LogP contribution in [0.3, 0.4) is 0 Å².